The van der Waals surface area contributed by atoms with Crippen LogP contribution >= 0.6 is 0 Å². The highest BCUT2D eigenvalue weighted by atomic mass is 28.4. The van der Waals surface area contributed by atoms with E-state index < -0.39 is 15.0 Å². The van der Waals surface area contributed by atoms with Gasteiger partial charge in [0.15, 0.2) is 0 Å². The SMILES string of the molecule is CC(c1cccc2ccccc12)[SiH](F)F. The summed E-state index contributed by atoms with van der Waals surface area (Å²) < 4.78 is 25.6. The van der Waals surface area contributed by atoms with E-state index in [4.69, 9.17) is 0 Å². The Morgan fingerprint density at radius 2 is 1.67 bits per heavy atom. The number of hydrogen-bond donors (Lipinski definition) is 0. The van der Waals surface area contributed by atoms with Crippen molar-refractivity contribution in [2.45, 2.75) is 12.5 Å². The Morgan fingerprint density at radius 3 is 2.40 bits per heavy atom. The highest BCUT2D eigenvalue weighted by Gasteiger charge is 2.21. The van der Waals surface area contributed by atoms with E-state index in [0.717, 1.165) is 16.3 Å². The van der Waals surface area contributed by atoms with Crippen molar-refractivity contribution in [3.05, 3.63) is 48.0 Å². The first kappa shape index (κ1) is 10.3. The van der Waals surface area contributed by atoms with Gasteiger partial charge in [0.1, 0.15) is 0 Å². The number of rotatable bonds is 2. The van der Waals surface area contributed by atoms with Gasteiger partial charge in [-0.15, -0.1) is 0 Å². The second-order valence-corrected chi connectivity index (χ2v) is 5.36. The second-order valence-electron chi connectivity index (χ2n) is 3.69. The van der Waals surface area contributed by atoms with Crippen LogP contribution in [0.2, 0.25) is 0 Å². The second kappa shape index (κ2) is 4.11. The molecule has 1 atom stereocenters. The lowest BCUT2D eigenvalue weighted by molar-refractivity contribution is 0.626. The van der Waals surface area contributed by atoms with E-state index >= 15 is 0 Å². The summed E-state index contributed by atoms with van der Waals surface area (Å²) >= 11 is 0. The van der Waals surface area contributed by atoms with Crippen LogP contribution in [0.25, 0.3) is 10.8 Å². The Labute approximate surface area is 89.5 Å². The van der Waals surface area contributed by atoms with Crippen molar-refractivity contribution in [1.82, 2.24) is 0 Å². The number of fused-ring (bicyclic) bond motifs is 1. The molecule has 0 saturated carbocycles. The van der Waals surface area contributed by atoms with E-state index in [0.29, 0.717) is 0 Å². The molecule has 0 N–H and O–H groups in total. The predicted molar refractivity (Wildman–Crippen MR) is 61.7 cm³/mol. The first-order valence-corrected chi connectivity index (χ1v) is 6.50. The van der Waals surface area contributed by atoms with Crippen molar-refractivity contribution in [3.8, 4) is 0 Å². The van der Waals surface area contributed by atoms with E-state index in [1.807, 2.05) is 42.5 Å². The summed E-state index contributed by atoms with van der Waals surface area (Å²) in [5.41, 5.74) is 0.214. The van der Waals surface area contributed by atoms with Crippen molar-refractivity contribution < 1.29 is 8.22 Å². The predicted octanol–water partition coefficient (Wildman–Crippen LogP) is 3.64. The highest BCUT2D eigenvalue weighted by molar-refractivity contribution is 6.45. The normalized spacial score (nSPS) is 13.3. The van der Waals surface area contributed by atoms with Gasteiger partial charge in [-0.1, -0.05) is 49.4 Å². The van der Waals surface area contributed by atoms with Crippen LogP contribution in [0.5, 0.6) is 0 Å². The summed E-state index contributed by atoms with van der Waals surface area (Å²) in [6.45, 7) is 1.62. The summed E-state index contributed by atoms with van der Waals surface area (Å²) in [5.74, 6) is 0. The van der Waals surface area contributed by atoms with Gasteiger partial charge in [-0.05, 0) is 16.3 Å². The maximum absolute atomic E-state index is 12.8. The molecular formula is C12H12F2Si. The molecule has 1 unspecified atom stereocenters. The Kier molecular flexibility index (Phi) is 2.82. The lowest BCUT2D eigenvalue weighted by Gasteiger charge is -2.12. The fourth-order valence-corrected chi connectivity index (χ4v) is 2.35. The first-order chi connectivity index (χ1) is 7.20. The topological polar surface area (TPSA) is 0 Å². The molecule has 0 radical (unpaired) electrons. The Bertz CT molecular complexity index is 463. The molecule has 0 nitrogen and oxygen atoms in total. The molecule has 2 aromatic rings. The van der Waals surface area contributed by atoms with Crippen LogP contribution in [0.15, 0.2) is 42.5 Å². The summed E-state index contributed by atoms with van der Waals surface area (Å²) in [7, 11) is -3.60. The van der Waals surface area contributed by atoms with E-state index in [2.05, 4.69) is 0 Å². The third-order valence-electron chi connectivity index (χ3n) is 2.69. The van der Waals surface area contributed by atoms with Crippen LogP contribution in [0, 0.1) is 0 Å². The summed E-state index contributed by atoms with van der Waals surface area (Å²) in [5, 5.41) is 2.00. The molecule has 3 heteroatoms. The minimum atomic E-state index is -3.60. The summed E-state index contributed by atoms with van der Waals surface area (Å²) in [4.78, 5) is 0. The van der Waals surface area contributed by atoms with Gasteiger partial charge in [0.2, 0.25) is 0 Å². The first-order valence-electron chi connectivity index (χ1n) is 4.96. The van der Waals surface area contributed by atoms with Crippen LogP contribution in [0.4, 0.5) is 8.22 Å². The van der Waals surface area contributed by atoms with E-state index in [-0.39, 0.29) is 0 Å². The van der Waals surface area contributed by atoms with Gasteiger partial charge in [-0.25, -0.2) is 0 Å². The van der Waals surface area contributed by atoms with Crippen LogP contribution in [0.1, 0.15) is 18.0 Å². The lowest BCUT2D eigenvalue weighted by Crippen LogP contribution is -2.10. The molecule has 0 fully saturated rings. The average molecular weight is 222 g/mol. The van der Waals surface area contributed by atoms with E-state index in [9.17, 15) is 8.22 Å². The monoisotopic (exact) mass is 222 g/mol. The molecular weight excluding hydrogens is 210 g/mol. The van der Waals surface area contributed by atoms with Crippen molar-refractivity contribution in [3.63, 3.8) is 0 Å². The number of benzene rings is 2. The largest absolute Gasteiger partial charge is 0.418 e. The van der Waals surface area contributed by atoms with Crippen molar-refractivity contribution in [2.24, 2.45) is 0 Å². The molecule has 0 heterocycles. The van der Waals surface area contributed by atoms with Crippen LogP contribution in [0.3, 0.4) is 0 Å². The molecule has 0 saturated heterocycles. The van der Waals surface area contributed by atoms with Gasteiger partial charge in [0, 0.05) is 5.54 Å². The lowest BCUT2D eigenvalue weighted by atomic mass is 10.0. The van der Waals surface area contributed by atoms with Crippen LogP contribution in [-0.2, 0) is 0 Å². The summed E-state index contributed by atoms with van der Waals surface area (Å²) in [6, 6.07) is 13.3. The fraction of sp³-hybridized carbons (Fsp3) is 0.167. The van der Waals surface area contributed by atoms with Gasteiger partial charge < -0.3 is 0 Å². The zero-order valence-corrected chi connectivity index (χ0v) is 9.61. The highest BCUT2D eigenvalue weighted by Crippen LogP contribution is 2.27. The molecule has 15 heavy (non-hydrogen) atoms. The molecule has 0 aliphatic carbocycles. The quantitative estimate of drug-likeness (QED) is 0.537. The van der Waals surface area contributed by atoms with Gasteiger partial charge in [-0.2, -0.15) is 0 Å². The molecule has 2 rings (SSSR count). The zero-order valence-electron chi connectivity index (χ0n) is 8.45. The Morgan fingerprint density at radius 1 is 1.00 bits per heavy atom. The molecule has 0 aromatic heterocycles. The third-order valence-corrected chi connectivity index (χ3v) is 3.81. The fourth-order valence-electron chi connectivity index (χ4n) is 1.78. The van der Waals surface area contributed by atoms with Crippen LogP contribution < -0.4 is 0 Å². The van der Waals surface area contributed by atoms with Crippen molar-refractivity contribution >= 4 is 20.2 Å². The maximum atomic E-state index is 12.8. The minimum absolute atomic E-state index is 0.573. The standard InChI is InChI=1S/C12H12F2Si/c1-9(15(13)14)11-8-4-6-10-5-2-3-7-12(10)11/h2-9,15H,1H3. The Hall–Kier alpha value is -1.22. The van der Waals surface area contributed by atoms with E-state index in [1.54, 1.807) is 6.92 Å². The van der Waals surface area contributed by atoms with Crippen molar-refractivity contribution in [2.75, 3.05) is 0 Å². The van der Waals surface area contributed by atoms with E-state index in [1.165, 1.54) is 0 Å². The Balaban J connectivity index is 2.60. The van der Waals surface area contributed by atoms with Gasteiger partial charge in [0.05, 0.1) is 0 Å². The molecule has 0 spiro atoms. The van der Waals surface area contributed by atoms with Gasteiger partial charge in [-0.3, -0.25) is 8.22 Å². The molecule has 78 valence electrons. The number of halogens is 2. The summed E-state index contributed by atoms with van der Waals surface area (Å²) in [6.07, 6.45) is 0. The smallest absolute Gasteiger partial charge is 0.274 e. The maximum Gasteiger partial charge on any atom is 0.418 e. The number of hydrogen-bond acceptors (Lipinski definition) is 0. The molecule has 2 aromatic carbocycles. The van der Waals surface area contributed by atoms with Gasteiger partial charge in [0.25, 0.3) is 0 Å². The molecule has 0 aliphatic heterocycles. The minimum Gasteiger partial charge on any atom is -0.274 e. The molecule has 0 aliphatic rings. The van der Waals surface area contributed by atoms with Crippen LogP contribution in [-0.4, -0.2) is 9.46 Å². The zero-order chi connectivity index (χ0) is 10.8. The molecule has 0 amide bonds. The van der Waals surface area contributed by atoms with Crippen molar-refractivity contribution in [1.29, 1.82) is 0 Å². The molecule has 0 bridgehead atoms. The third kappa shape index (κ3) is 1.92. The van der Waals surface area contributed by atoms with Gasteiger partial charge >= 0.3 is 9.46 Å². The average Bonchev–Trinajstić information content (AvgIpc) is 2.27.